The number of carbonyl (C=O) groups is 1. The maximum absolute atomic E-state index is 11.3. The second-order valence-corrected chi connectivity index (χ2v) is 6.05. The molecule has 0 aliphatic rings. The number of primary amides is 1. The second kappa shape index (κ2) is 6.37. The quantitative estimate of drug-likeness (QED) is 0.826. The number of nitrogens with one attached hydrogen (secondary N) is 1. The summed E-state index contributed by atoms with van der Waals surface area (Å²) in [6.07, 6.45) is 1.74. The number of anilines is 1. The van der Waals surface area contributed by atoms with Gasteiger partial charge in [-0.3, -0.25) is 9.78 Å². The molecule has 0 bridgehead atoms. The average molecular weight is 399 g/mol. The van der Waals surface area contributed by atoms with Gasteiger partial charge in [0.05, 0.1) is 12.2 Å². The number of nitrogens with zero attached hydrogens (tertiary/aromatic N) is 1. The van der Waals surface area contributed by atoms with Crippen LogP contribution >= 0.6 is 31.9 Å². The molecule has 3 N–H and O–H groups in total. The molecule has 0 saturated heterocycles. The molecule has 0 fully saturated rings. The predicted molar refractivity (Wildman–Crippen MR) is 86.7 cm³/mol. The highest BCUT2D eigenvalue weighted by atomic mass is 79.9. The Morgan fingerprint density at radius 3 is 2.80 bits per heavy atom. The highest BCUT2D eigenvalue weighted by Crippen LogP contribution is 2.22. The molecule has 0 aliphatic carbocycles. The van der Waals surface area contributed by atoms with Crippen LogP contribution in [0, 0.1) is 6.92 Å². The number of carbonyl (C=O) groups excluding carboxylic acids is 1. The fraction of sp³-hybridized carbons (Fsp3) is 0.143. The molecule has 0 aliphatic heterocycles. The molecular weight excluding hydrogens is 386 g/mol. The molecule has 0 unspecified atom stereocenters. The van der Waals surface area contributed by atoms with Crippen molar-refractivity contribution in [1.29, 1.82) is 0 Å². The van der Waals surface area contributed by atoms with Crippen molar-refractivity contribution in [2.45, 2.75) is 13.5 Å². The second-order valence-electron chi connectivity index (χ2n) is 4.28. The Morgan fingerprint density at radius 1 is 1.40 bits per heavy atom. The Kier molecular flexibility index (Phi) is 4.77. The Bertz CT molecular complexity index is 659. The van der Waals surface area contributed by atoms with E-state index in [1.807, 2.05) is 19.1 Å². The third-order valence-corrected chi connectivity index (χ3v) is 4.05. The van der Waals surface area contributed by atoms with Gasteiger partial charge in [-0.25, -0.2) is 0 Å². The monoisotopic (exact) mass is 397 g/mol. The SMILES string of the molecule is Cc1c(NCc2ncc(Br)cc2Br)cccc1C(N)=O. The standard InChI is InChI=1S/C14H13Br2N3O/c1-8-10(14(17)20)3-2-4-12(8)19-7-13-11(16)5-9(15)6-18-13/h2-6,19H,7H2,1H3,(H2,17,20). The molecule has 1 aromatic carbocycles. The van der Waals surface area contributed by atoms with Gasteiger partial charge in [0.1, 0.15) is 0 Å². The third kappa shape index (κ3) is 3.37. The molecule has 20 heavy (non-hydrogen) atoms. The molecule has 2 aromatic rings. The lowest BCUT2D eigenvalue weighted by Crippen LogP contribution is -2.14. The number of benzene rings is 1. The van der Waals surface area contributed by atoms with E-state index in [0.29, 0.717) is 12.1 Å². The number of pyridine rings is 1. The molecule has 104 valence electrons. The van der Waals surface area contributed by atoms with Gasteiger partial charge in [-0.2, -0.15) is 0 Å². The minimum Gasteiger partial charge on any atom is -0.379 e. The Morgan fingerprint density at radius 2 is 2.15 bits per heavy atom. The van der Waals surface area contributed by atoms with Crippen LogP contribution in [0.3, 0.4) is 0 Å². The Hall–Kier alpha value is -1.40. The zero-order valence-corrected chi connectivity index (χ0v) is 14.0. The Labute approximate surface area is 134 Å². The van der Waals surface area contributed by atoms with Gasteiger partial charge in [0, 0.05) is 26.4 Å². The zero-order valence-electron chi connectivity index (χ0n) is 10.8. The van der Waals surface area contributed by atoms with E-state index >= 15 is 0 Å². The van der Waals surface area contributed by atoms with Gasteiger partial charge >= 0.3 is 0 Å². The van der Waals surface area contributed by atoms with Crippen molar-refractivity contribution >= 4 is 43.5 Å². The first-order valence-electron chi connectivity index (χ1n) is 5.92. The fourth-order valence-electron chi connectivity index (χ4n) is 1.85. The maximum Gasteiger partial charge on any atom is 0.249 e. The first-order valence-corrected chi connectivity index (χ1v) is 7.51. The third-order valence-electron chi connectivity index (χ3n) is 2.93. The number of hydrogen-bond donors (Lipinski definition) is 2. The summed E-state index contributed by atoms with van der Waals surface area (Å²) in [5.74, 6) is -0.422. The van der Waals surface area contributed by atoms with Crippen molar-refractivity contribution in [2.24, 2.45) is 5.73 Å². The van der Waals surface area contributed by atoms with Gasteiger partial charge < -0.3 is 11.1 Å². The summed E-state index contributed by atoms with van der Waals surface area (Å²) in [4.78, 5) is 15.6. The van der Waals surface area contributed by atoms with E-state index in [-0.39, 0.29) is 0 Å². The minimum atomic E-state index is -0.422. The van der Waals surface area contributed by atoms with Crippen molar-refractivity contribution < 1.29 is 4.79 Å². The topological polar surface area (TPSA) is 68.0 Å². The summed E-state index contributed by atoms with van der Waals surface area (Å²) in [6.45, 7) is 2.42. The smallest absolute Gasteiger partial charge is 0.249 e. The van der Waals surface area contributed by atoms with E-state index in [1.165, 1.54) is 0 Å². The summed E-state index contributed by atoms with van der Waals surface area (Å²) in [5.41, 5.74) is 8.47. The first-order chi connectivity index (χ1) is 9.49. The molecule has 1 amide bonds. The van der Waals surface area contributed by atoms with E-state index in [1.54, 1.807) is 18.3 Å². The molecule has 2 rings (SSSR count). The molecule has 4 nitrogen and oxygen atoms in total. The molecule has 0 radical (unpaired) electrons. The van der Waals surface area contributed by atoms with Crippen LogP contribution in [0.4, 0.5) is 5.69 Å². The fourth-order valence-corrected chi connectivity index (χ4v) is 2.97. The van der Waals surface area contributed by atoms with Gasteiger partial charge in [0.2, 0.25) is 5.91 Å². The van der Waals surface area contributed by atoms with Crippen LogP contribution < -0.4 is 11.1 Å². The number of amides is 1. The summed E-state index contributed by atoms with van der Waals surface area (Å²) >= 11 is 6.84. The summed E-state index contributed by atoms with van der Waals surface area (Å²) in [5, 5.41) is 3.27. The number of halogens is 2. The van der Waals surface area contributed by atoms with Crippen LogP contribution in [0.15, 0.2) is 39.4 Å². The van der Waals surface area contributed by atoms with Gasteiger partial charge in [-0.05, 0) is 62.5 Å². The first kappa shape index (κ1) is 15.0. The van der Waals surface area contributed by atoms with Crippen molar-refractivity contribution in [3.63, 3.8) is 0 Å². The van der Waals surface area contributed by atoms with Crippen LogP contribution in [0.2, 0.25) is 0 Å². The van der Waals surface area contributed by atoms with Gasteiger partial charge in [-0.15, -0.1) is 0 Å². The van der Waals surface area contributed by atoms with E-state index in [2.05, 4.69) is 42.2 Å². The molecule has 0 spiro atoms. The van der Waals surface area contributed by atoms with Gasteiger partial charge in [-0.1, -0.05) is 6.07 Å². The van der Waals surface area contributed by atoms with Crippen molar-refractivity contribution in [2.75, 3.05) is 5.32 Å². The van der Waals surface area contributed by atoms with E-state index < -0.39 is 5.91 Å². The van der Waals surface area contributed by atoms with E-state index in [4.69, 9.17) is 5.73 Å². The summed E-state index contributed by atoms with van der Waals surface area (Å²) < 4.78 is 1.84. The number of nitrogens with two attached hydrogens (primary N) is 1. The minimum absolute atomic E-state index is 0.422. The lowest BCUT2D eigenvalue weighted by Gasteiger charge is -2.12. The summed E-state index contributed by atoms with van der Waals surface area (Å²) in [7, 11) is 0. The van der Waals surface area contributed by atoms with Gasteiger partial charge in [0.25, 0.3) is 0 Å². The van der Waals surface area contributed by atoms with Crippen molar-refractivity contribution in [3.8, 4) is 0 Å². The number of aromatic nitrogens is 1. The number of rotatable bonds is 4. The van der Waals surface area contributed by atoms with E-state index in [0.717, 1.165) is 25.9 Å². The molecule has 0 atom stereocenters. The number of hydrogen-bond acceptors (Lipinski definition) is 3. The molecule has 1 heterocycles. The maximum atomic E-state index is 11.3. The lowest BCUT2D eigenvalue weighted by atomic mass is 10.1. The highest BCUT2D eigenvalue weighted by molar-refractivity contribution is 9.11. The predicted octanol–water partition coefficient (Wildman–Crippen LogP) is 3.63. The average Bonchev–Trinajstić information content (AvgIpc) is 2.39. The molecule has 6 heteroatoms. The molecular formula is C14H13Br2N3O. The Balaban J connectivity index is 2.19. The van der Waals surface area contributed by atoms with Crippen molar-refractivity contribution in [1.82, 2.24) is 4.98 Å². The van der Waals surface area contributed by atoms with Crippen LogP contribution in [0.25, 0.3) is 0 Å². The molecule has 1 aromatic heterocycles. The van der Waals surface area contributed by atoms with Crippen molar-refractivity contribution in [3.05, 3.63) is 56.2 Å². The van der Waals surface area contributed by atoms with Gasteiger partial charge in [0.15, 0.2) is 0 Å². The molecule has 0 saturated carbocycles. The zero-order chi connectivity index (χ0) is 14.7. The lowest BCUT2D eigenvalue weighted by molar-refractivity contribution is 0.1000. The van der Waals surface area contributed by atoms with Crippen LogP contribution in [0.1, 0.15) is 21.6 Å². The van der Waals surface area contributed by atoms with E-state index in [9.17, 15) is 4.79 Å². The van der Waals surface area contributed by atoms with Crippen LogP contribution in [-0.4, -0.2) is 10.9 Å². The normalized spacial score (nSPS) is 10.3. The summed E-state index contributed by atoms with van der Waals surface area (Å²) in [6, 6.07) is 7.38. The van der Waals surface area contributed by atoms with Crippen LogP contribution in [0.5, 0.6) is 0 Å². The largest absolute Gasteiger partial charge is 0.379 e. The highest BCUT2D eigenvalue weighted by Gasteiger charge is 2.09. The van der Waals surface area contributed by atoms with Crippen LogP contribution in [-0.2, 0) is 6.54 Å².